The van der Waals surface area contributed by atoms with Crippen molar-refractivity contribution in [3.63, 3.8) is 0 Å². The van der Waals surface area contributed by atoms with Crippen molar-refractivity contribution in [3.8, 4) is 0 Å². The summed E-state index contributed by atoms with van der Waals surface area (Å²) in [5, 5.41) is 0. The fourth-order valence-electron chi connectivity index (χ4n) is 4.72. The molecule has 110 valence electrons. The number of rotatable bonds is 5. The van der Waals surface area contributed by atoms with Crippen molar-refractivity contribution in [2.75, 3.05) is 13.1 Å². The van der Waals surface area contributed by atoms with Gasteiger partial charge in [-0.15, -0.1) is 0 Å². The van der Waals surface area contributed by atoms with Gasteiger partial charge in [0, 0.05) is 11.6 Å². The predicted octanol–water partition coefficient (Wildman–Crippen LogP) is 2.81. The summed E-state index contributed by atoms with van der Waals surface area (Å²) in [6.07, 6.45) is 15.4. The predicted molar refractivity (Wildman–Crippen MR) is 79.7 cm³/mol. The molecule has 0 radical (unpaired) electrons. The van der Waals surface area contributed by atoms with Gasteiger partial charge in [-0.1, -0.05) is 38.5 Å². The normalized spacial score (nSPS) is 30.2. The van der Waals surface area contributed by atoms with Crippen LogP contribution in [-0.4, -0.2) is 29.6 Å². The molecule has 3 aliphatic rings. The summed E-state index contributed by atoms with van der Waals surface area (Å²) in [6, 6.07) is 0.526. The van der Waals surface area contributed by atoms with E-state index in [4.69, 9.17) is 5.84 Å². The first kappa shape index (κ1) is 13.8. The Morgan fingerprint density at radius 3 is 2.21 bits per heavy atom. The molecule has 0 aromatic heterocycles. The highest BCUT2D eigenvalue weighted by atomic mass is 15.3. The lowest BCUT2D eigenvalue weighted by molar-refractivity contribution is 0.0240. The topological polar surface area (TPSA) is 41.3 Å². The maximum Gasteiger partial charge on any atom is 0.0397 e. The highest BCUT2D eigenvalue weighted by molar-refractivity contribution is 5.04. The number of piperidine rings is 1. The van der Waals surface area contributed by atoms with Crippen LogP contribution in [0.1, 0.15) is 70.6 Å². The van der Waals surface area contributed by atoms with Crippen LogP contribution < -0.4 is 11.3 Å². The first-order valence-electron chi connectivity index (χ1n) is 8.56. The van der Waals surface area contributed by atoms with Crippen molar-refractivity contribution < 1.29 is 0 Å². The molecular weight excluding hydrogens is 234 g/mol. The summed E-state index contributed by atoms with van der Waals surface area (Å²) >= 11 is 0. The van der Waals surface area contributed by atoms with E-state index in [1.54, 1.807) is 0 Å². The van der Waals surface area contributed by atoms with E-state index in [0.29, 0.717) is 11.6 Å². The first-order valence-corrected chi connectivity index (χ1v) is 8.56. The molecule has 1 atom stereocenters. The third-order valence-electron chi connectivity index (χ3n) is 6.10. The van der Waals surface area contributed by atoms with Crippen LogP contribution in [0.2, 0.25) is 0 Å². The highest BCUT2D eigenvalue weighted by Gasteiger charge is 2.46. The van der Waals surface area contributed by atoms with Crippen molar-refractivity contribution in [2.24, 2.45) is 11.8 Å². The van der Waals surface area contributed by atoms with Gasteiger partial charge < -0.3 is 0 Å². The van der Waals surface area contributed by atoms with Crippen LogP contribution >= 0.6 is 0 Å². The molecular formula is C16H31N3. The van der Waals surface area contributed by atoms with Gasteiger partial charge in [-0.25, -0.2) is 0 Å². The van der Waals surface area contributed by atoms with Gasteiger partial charge in [0.05, 0.1) is 0 Å². The maximum atomic E-state index is 5.99. The van der Waals surface area contributed by atoms with E-state index in [1.165, 1.54) is 83.7 Å². The molecule has 2 saturated carbocycles. The van der Waals surface area contributed by atoms with Crippen LogP contribution in [0.15, 0.2) is 0 Å². The second kappa shape index (κ2) is 6.11. The van der Waals surface area contributed by atoms with Gasteiger partial charge in [0.25, 0.3) is 0 Å². The second-order valence-corrected chi connectivity index (χ2v) is 7.11. The highest BCUT2D eigenvalue weighted by Crippen LogP contribution is 2.43. The number of nitrogens with one attached hydrogen (secondary N) is 1. The number of nitrogens with zero attached hydrogens (tertiary/aromatic N) is 1. The summed E-state index contributed by atoms with van der Waals surface area (Å²) in [5.74, 6) is 6.94. The minimum Gasteiger partial charge on any atom is -0.296 e. The molecule has 1 heterocycles. The number of likely N-dealkylation sites (tertiary alicyclic amines) is 1. The molecule has 3 nitrogen and oxygen atoms in total. The van der Waals surface area contributed by atoms with Crippen LogP contribution in [0, 0.1) is 5.92 Å². The molecule has 2 aliphatic carbocycles. The SMILES string of the molecule is NNC(CC1CCC1)C1(N2CCCCC2)CCCC1. The van der Waals surface area contributed by atoms with Crippen molar-refractivity contribution in [1.29, 1.82) is 0 Å². The van der Waals surface area contributed by atoms with Crippen LogP contribution in [0.25, 0.3) is 0 Å². The fourth-order valence-corrected chi connectivity index (χ4v) is 4.72. The minimum absolute atomic E-state index is 0.394. The third kappa shape index (κ3) is 2.70. The molecule has 0 bridgehead atoms. The number of hydrogen-bond acceptors (Lipinski definition) is 3. The zero-order valence-electron chi connectivity index (χ0n) is 12.4. The van der Waals surface area contributed by atoms with Gasteiger partial charge in [-0.05, 0) is 51.1 Å². The number of hydrazine groups is 1. The molecule has 3 N–H and O–H groups in total. The first-order chi connectivity index (χ1) is 9.35. The molecule has 1 saturated heterocycles. The Kier molecular flexibility index (Phi) is 4.45. The average Bonchev–Trinajstić information content (AvgIpc) is 2.89. The number of nitrogens with two attached hydrogens (primary N) is 1. The van der Waals surface area contributed by atoms with Crippen LogP contribution in [0.3, 0.4) is 0 Å². The summed E-state index contributed by atoms with van der Waals surface area (Å²) in [7, 11) is 0. The molecule has 3 fully saturated rings. The zero-order valence-corrected chi connectivity index (χ0v) is 12.4. The van der Waals surface area contributed by atoms with E-state index < -0.39 is 0 Å². The second-order valence-electron chi connectivity index (χ2n) is 7.11. The van der Waals surface area contributed by atoms with Crippen LogP contribution in [0.5, 0.6) is 0 Å². The standard InChI is InChI=1S/C16H31N3/c17-18-15(13-14-7-6-8-14)16(9-2-3-10-16)19-11-4-1-5-12-19/h14-15,18H,1-13,17H2. The van der Waals surface area contributed by atoms with Gasteiger partial charge in [0.15, 0.2) is 0 Å². The van der Waals surface area contributed by atoms with Gasteiger partial charge >= 0.3 is 0 Å². The Bertz CT molecular complexity index is 276. The Morgan fingerprint density at radius 2 is 1.68 bits per heavy atom. The van der Waals surface area contributed by atoms with Gasteiger partial charge in [-0.3, -0.25) is 16.2 Å². The summed E-state index contributed by atoms with van der Waals surface area (Å²) in [4.78, 5) is 2.81. The monoisotopic (exact) mass is 265 g/mol. The Morgan fingerprint density at radius 1 is 1.00 bits per heavy atom. The molecule has 19 heavy (non-hydrogen) atoms. The molecule has 3 rings (SSSR count). The quantitative estimate of drug-likeness (QED) is 0.593. The molecule has 0 aromatic carbocycles. The van der Waals surface area contributed by atoms with E-state index in [-0.39, 0.29) is 0 Å². The van der Waals surface area contributed by atoms with E-state index in [0.717, 1.165) is 5.92 Å². The Labute approximate surface area is 118 Å². The zero-order chi connectivity index (χ0) is 13.1. The molecule has 1 unspecified atom stereocenters. The van der Waals surface area contributed by atoms with Crippen LogP contribution in [-0.2, 0) is 0 Å². The van der Waals surface area contributed by atoms with E-state index in [1.807, 2.05) is 0 Å². The van der Waals surface area contributed by atoms with E-state index in [9.17, 15) is 0 Å². The largest absolute Gasteiger partial charge is 0.296 e. The van der Waals surface area contributed by atoms with E-state index >= 15 is 0 Å². The van der Waals surface area contributed by atoms with Gasteiger partial charge in [-0.2, -0.15) is 0 Å². The lowest BCUT2D eigenvalue weighted by atomic mass is 9.74. The third-order valence-corrected chi connectivity index (χ3v) is 6.10. The molecule has 0 aromatic rings. The Hall–Kier alpha value is -0.120. The average molecular weight is 265 g/mol. The molecule has 3 heteroatoms. The molecule has 0 spiro atoms. The van der Waals surface area contributed by atoms with Gasteiger partial charge in [0.1, 0.15) is 0 Å². The van der Waals surface area contributed by atoms with Crippen molar-refractivity contribution in [2.45, 2.75) is 82.2 Å². The van der Waals surface area contributed by atoms with Crippen molar-refractivity contribution >= 4 is 0 Å². The Balaban J connectivity index is 1.72. The molecule has 0 amide bonds. The van der Waals surface area contributed by atoms with Crippen LogP contribution in [0.4, 0.5) is 0 Å². The van der Waals surface area contributed by atoms with Crippen molar-refractivity contribution in [1.82, 2.24) is 10.3 Å². The fraction of sp³-hybridized carbons (Fsp3) is 1.00. The smallest absolute Gasteiger partial charge is 0.0397 e. The lowest BCUT2D eigenvalue weighted by Crippen LogP contribution is -2.63. The lowest BCUT2D eigenvalue weighted by Gasteiger charge is -2.49. The number of hydrogen-bond donors (Lipinski definition) is 2. The van der Waals surface area contributed by atoms with E-state index in [2.05, 4.69) is 10.3 Å². The summed E-state index contributed by atoms with van der Waals surface area (Å²) in [6.45, 7) is 2.62. The van der Waals surface area contributed by atoms with Gasteiger partial charge in [0.2, 0.25) is 0 Å². The summed E-state index contributed by atoms with van der Waals surface area (Å²) in [5.41, 5.74) is 3.63. The summed E-state index contributed by atoms with van der Waals surface area (Å²) < 4.78 is 0. The maximum absolute atomic E-state index is 5.99. The van der Waals surface area contributed by atoms with Crippen molar-refractivity contribution in [3.05, 3.63) is 0 Å². The molecule has 1 aliphatic heterocycles. The minimum atomic E-state index is 0.394.